The van der Waals surface area contributed by atoms with Gasteiger partial charge in [-0.15, -0.1) is 0 Å². The first-order valence-electron chi connectivity index (χ1n) is 8.88. The normalized spacial score (nSPS) is 27.2. The second kappa shape index (κ2) is 6.54. The zero-order chi connectivity index (χ0) is 17.3. The number of nitrogens with zero attached hydrogens (tertiary/aromatic N) is 1. The Morgan fingerprint density at radius 2 is 1.87 bits per heavy atom. The van der Waals surface area contributed by atoms with Crippen LogP contribution in [-0.4, -0.2) is 22.6 Å². The molecule has 0 bridgehead atoms. The zero-order valence-electron chi connectivity index (χ0n) is 15.4. The predicted octanol–water partition coefficient (Wildman–Crippen LogP) is 5.35. The van der Waals surface area contributed by atoms with Crippen LogP contribution in [0.3, 0.4) is 0 Å². The number of hydrogen-bond donors (Lipinski definition) is 0. The van der Waals surface area contributed by atoms with Crippen LogP contribution in [0, 0.1) is 5.92 Å². The molecule has 1 saturated heterocycles. The van der Waals surface area contributed by atoms with Crippen LogP contribution in [-0.2, 0) is 10.3 Å². The molecule has 0 spiro atoms. The third-order valence-electron chi connectivity index (χ3n) is 5.45. The minimum Gasteiger partial charge on any atom is -0.436 e. The van der Waals surface area contributed by atoms with E-state index in [9.17, 15) is 4.79 Å². The highest BCUT2D eigenvalue weighted by atomic mass is 16.6. The summed E-state index contributed by atoms with van der Waals surface area (Å²) in [6, 6.07) is 10.2. The maximum Gasteiger partial charge on any atom is 0.411 e. The third-order valence-corrected chi connectivity index (χ3v) is 5.45. The standard InChI is InChI=1S/C20H31NO2/c1-7-14-19(5,8-2)21-17(15(3)4)20(6,23-18(21)22)16-12-10-9-11-13-16/h9-13,15,17H,7-8,14H2,1-6H3/t17-,19?,20?/m0/s1. The van der Waals surface area contributed by atoms with Gasteiger partial charge < -0.3 is 4.74 Å². The number of carbonyl (C=O) groups is 1. The molecule has 1 heterocycles. The van der Waals surface area contributed by atoms with Crippen LogP contribution in [0.1, 0.15) is 66.4 Å². The topological polar surface area (TPSA) is 29.5 Å². The summed E-state index contributed by atoms with van der Waals surface area (Å²) in [7, 11) is 0. The van der Waals surface area contributed by atoms with E-state index < -0.39 is 5.60 Å². The first kappa shape index (κ1) is 17.8. The highest BCUT2D eigenvalue weighted by molar-refractivity contribution is 5.73. The van der Waals surface area contributed by atoms with E-state index in [1.54, 1.807) is 0 Å². The van der Waals surface area contributed by atoms with Crippen molar-refractivity contribution >= 4 is 6.09 Å². The number of carbonyl (C=O) groups excluding carboxylic acids is 1. The van der Waals surface area contributed by atoms with E-state index in [0.717, 1.165) is 24.8 Å². The number of amides is 1. The fraction of sp³-hybridized carbons (Fsp3) is 0.650. The average Bonchev–Trinajstić information content (AvgIpc) is 2.81. The first-order chi connectivity index (χ1) is 10.8. The second-order valence-electron chi connectivity index (χ2n) is 7.50. The molecule has 1 aliphatic heterocycles. The lowest BCUT2D eigenvalue weighted by Gasteiger charge is -2.44. The van der Waals surface area contributed by atoms with E-state index in [1.165, 1.54) is 0 Å². The molecule has 1 aromatic carbocycles. The van der Waals surface area contributed by atoms with Crippen molar-refractivity contribution in [2.75, 3.05) is 0 Å². The van der Waals surface area contributed by atoms with Crippen LogP contribution in [0.15, 0.2) is 30.3 Å². The largest absolute Gasteiger partial charge is 0.436 e. The van der Waals surface area contributed by atoms with Crippen LogP contribution >= 0.6 is 0 Å². The quantitative estimate of drug-likeness (QED) is 0.708. The number of cyclic esters (lactones) is 1. The molecule has 0 aliphatic carbocycles. The summed E-state index contributed by atoms with van der Waals surface area (Å²) in [5, 5.41) is 0. The molecule has 2 unspecified atom stereocenters. The minimum absolute atomic E-state index is 0.0360. The molecular weight excluding hydrogens is 286 g/mol. The second-order valence-corrected chi connectivity index (χ2v) is 7.50. The van der Waals surface area contributed by atoms with Gasteiger partial charge in [-0.3, -0.25) is 4.90 Å². The van der Waals surface area contributed by atoms with Crippen molar-refractivity contribution in [1.82, 2.24) is 4.90 Å². The van der Waals surface area contributed by atoms with Crippen molar-refractivity contribution in [2.24, 2.45) is 5.92 Å². The van der Waals surface area contributed by atoms with Crippen molar-refractivity contribution < 1.29 is 9.53 Å². The van der Waals surface area contributed by atoms with Crippen LogP contribution in [0.5, 0.6) is 0 Å². The number of ether oxygens (including phenoxy) is 1. The summed E-state index contributed by atoms with van der Waals surface area (Å²) in [4.78, 5) is 14.9. The van der Waals surface area contributed by atoms with Crippen molar-refractivity contribution in [1.29, 1.82) is 0 Å². The molecule has 3 heteroatoms. The lowest BCUT2D eigenvalue weighted by atomic mass is 9.79. The van der Waals surface area contributed by atoms with E-state index in [1.807, 2.05) is 23.1 Å². The van der Waals surface area contributed by atoms with Gasteiger partial charge in [-0.05, 0) is 38.2 Å². The molecule has 23 heavy (non-hydrogen) atoms. The van der Waals surface area contributed by atoms with Crippen molar-refractivity contribution in [2.45, 2.75) is 78.0 Å². The van der Waals surface area contributed by atoms with Crippen molar-refractivity contribution in [3.63, 3.8) is 0 Å². The van der Waals surface area contributed by atoms with Gasteiger partial charge in [0.25, 0.3) is 0 Å². The molecule has 3 nitrogen and oxygen atoms in total. The zero-order valence-corrected chi connectivity index (χ0v) is 15.4. The van der Waals surface area contributed by atoms with Gasteiger partial charge >= 0.3 is 6.09 Å². The number of rotatable bonds is 6. The molecule has 128 valence electrons. The summed E-state index contributed by atoms with van der Waals surface area (Å²) in [5.74, 6) is 0.314. The first-order valence-corrected chi connectivity index (χ1v) is 8.88. The van der Waals surface area contributed by atoms with Gasteiger partial charge in [0.05, 0.1) is 6.04 Å². The fourth-order valence-electron chi connectivity index (χ4n) is 4.15. The molecule has 1 amide bonds. The monoisotopic (exact) mass is 317 g/mol. The van der Waals surface area contributed by atoms with Crippen LogP contribution < -0.4 is 0 Å². The van der Waals surface area contributed by atoms with E-state index >= 15 is 0 Å². The Bertz CT molecular complexity index is 542. The fourth-order valence-corrected chi connectivity index (χ4v) is 4.15. The molecule has 1 aliphatic rings. The lowest BCUT2D eigenvalue weighted by molar-refractivity contribution is 0.0220. The molecule has 0 saturated carbocycles. The maximum absolute atomic E-state index is 12.9. The summed E-state index contributed by atoms with van der Waals surface area (Å²) in [6.07, 6.45) is 2.81. The van der Waals surface area contributed by atoms with E-state index in [-0.39, 0.29) is 17.7 Å². The van der Waals surface area contributed by atoms with Gasteiger partial charge in [0.2, 0.25) is 0 Å². The van der Waals surface area contributed by atoms with Gasteiger partial charge in [-0.1, -0.05) is 64.4 Å². The van der Waals surface area contributed by atoms with Gasteiger partial charge in [0.1, 0.15) is 0 Å². The molecule has 2 rings (SSSR count). The maximum atomic E-state index is 12.9. The van der Waals surface area contributed by atoms with Gasteiger partial charge in [0.15, 0.2) is 5.60 Å². The van der Waals surface area contributed by atoms with Crippen molar-refractivity contribution in [3.8, 4) is 0 Å². The molecule has 0 N–H and O–H groups in total. The Morgan fingerprint density at radius 3 is 2.35 bits per heavy atom. The Balaban J connectivity index is 2.51. The van der Waals surface area contributed by atoms with Gasteiger partial charge in [0, 0.05) is 5.54 Å². The van der Waals surface area contributed by atoms with E-state index in [2.05, 4.69) is 53.7 Å². The predicted molar refractivity (Wildman–Crippen MR) is 94.3 cm³/mol. The Kier molecular flexibility index (Phi) is 5.07. The summed E-state index contributed by atoms with van der Waals surface area (Å²) in [6.45, 7) is 13.0. The smallest absolute Gasteiger partial charge is 0.411 e. The van der Waals surface area contributed by atoms with Crippen LogP contribution in [0.4, 0.5) is 4.79 Å². The van der Waals surface area contributed by atoms with Crippen LogP contribution in [0.2, 0.25) is 0 Å². The lowest BCUT2D eigenvalue weighted by Crippen LogP contribution is -2.55. The number of benzene rings is 1. The summed E-state index contributed by atoms with van der Waals surface area (Å²) >= 11 is 0. The van der Waals surface area contributed by atoms with E-state index in [0.29, 0.717) is 5.92 Å². The Labute approximate surface area is 141 Å². The molecule has 1 aromatic rings. The SMILES string of the molecule is CCCC(C)(CC)N1C(=O)OC(C)(c2ccccc2)[C@@H]1C(C)C. The molecule has 3 atom stereocenters. The number of hydrogen-bond acceptors (Lipinski definition) is 2. The third kappa shape index (κ3) is 2.98. The van der Waals surface area contributed by atoms with Crippen molar-refractivity contribution in [3.05, 3.63) is 35.9 Å². The summed E-state index contributed by atoms with van der Waals surface area (Å²) in [5.41, 5.74) is 0.314. The highest BCUT2D eigenvalue weighted by Gasteiger charge is 2.57. The van der Waals surface area contributed by atoms with E-state index in [4.69, 9.17) is 4.74 Å². The summed E-state index contributed by atoms with van der Waals surface area (Å²) < 4.78 is 6.00. The highest BCUT2D eigenvalue weighted by Crippen LogP contribution is 2.46. The molecule has 0 radical (unpaired) electrons. The van der Waals surface area contributed by atoms with Gasteiger partial charge in [-0.2, -0.15) is 0 Å². The molecular formula is C20H31NO2. The molecule has 1 fully saturated rings. The minimum atomic E-state index is -0.601. The molecule has 0 aromatic heterocycles. The Morgan fingerprint density at radius 1 is 1.26 bits per heavy atom. The van der Waals surface area contributed by atoms with Crippen LogP contribution in [0.25, 0.3) is 0 Å². The average molecular weight is 317 g/mol. The Hall–Kier alpha value is -1.51. The van der Waals surface area contributed by atoms with Gasteiger partial charge in [-0.25, -0.2) is 4.79 Å².